The number of rotatable bonds is 2. The summed E-state index contributed by atoms with van der Waals surface area (Å²) in [5, 5.41) is 9.50. The molecule has 2 heterocycles. The lowest BCUT2D eigenvalue weighted by Crippen LogP contribution is -2.39. The Morgan fingerprint density at radius 2 is 2.19 bits per heavy atom. The molecule has 2 fully saturated rings. The molecule has 0 aromatic heterocycles. The average Bonchev–Trinajstić information content (AvgIpc) is 2.76. The molecule has 0 aliphatic carbocycles. The van der Waals surface area contributed by atoms with E-state index >= 15 is 0 Å². The van der Waals surface area contributed by atoms with Crippen molar-refractivity contribution in [3.63, 3.8) is 0 Å². The van der Waals surface area contributed by atoms with Gasteiger partial charge in [-0.15, -0.1) is 0 Å². The number of hydrogen-bond acceptors (Lipinski definition) is 6. The zero-order valence-corrected chi connectivity index (χ0v) is 9.13. The predicted molar refractivity (Wildman–Crippen MR) is 50.4 cm³/mol. The van der Waals surface area contributed by atoms with Gasteiger partial charge in [-0.2, -0.15) is 0 Å². The summed E-state index contributed by atoms with van der Waals surface area (Å²) in [6, 6.07) is 0. The van der Waals surface area contributed by atoms with E-state index in [1.165, 1.54) is 0 Å². The lowest BCUT2D eigenvalue weighted by Gasteiger charge is -2.23. The van der Waals surface area contributed by atoms with Crippen LogP contribution >= 0.6 is 0 Å². The van der Waals surface area contributed by atoms with Crippen molar-refractivity contribution in [2.24, 2.45) is 0 Å². The van der Waals surface area contributed by atoms with Crippen LogP contribution in [-0.2, 0) is 23.8 Å². The van der Waals surface area contributed by atoms with Gasteiger partial charge in [0.15, 0.2) is 18.0 Å². The van der Waals surface area contributed by atoms with Crippen molar-refractivity contribution in [1.82, 2.24) is 0 Å². The summed E-state index contributed by atoms with van der Waals surface area (Å²) >= 11 is 0. The quantitative estimate of drug-likeness (QED) is 0.503. The summed E-state index contributed by atoms with van der Waals surface area (Å²) in [5.74, 6) is -2.66. The first-order valence-electron chi connectivity index (χ1n) is 5.21. The number of cyclic esters (lactones) is 1. The Morgan fingerprint density at radius 1 is 1.50 bits per heavy atom. The second-order valence-corrected chi connectivity index (χ2v) is 4.13. The third-order valence-corrected chi connectivity index (χ3v) is 2.99. The minimum absolute atomic E-state index is 0.201. The Bertz CT molecular complexity index is 327. The van der Waals surface area contributed by atoms with Crippen molar-refractivity contribution in [3.8, 4) is 0 Å². The summed E-state index contributed by atoms with van der Waals surface area (Å²) in [4.78, 5) is 22.0. The molecule has 2 rings (SSSR count). The van der Waals surface area contributed by atoms with Gasteiger partial charge in [0.2, 0.25) is 0 Å². The molecule has 4 atom stereocenters. The van der Waals surface area contributed by atoms with E-state index in [0.717, 1.165) is 0 Å². The molecule has 0 bridgehead atoms. The van der Waals surface area contributed by atoms with Gasteiger partial charge in [-0.25, -0.2) is 4.79 Å². The van der Waals surface area contributed by atoms with Crippen LogP contribution in [0.4, 0.5) is 0 Å². The van der Waals surface area contributed by atoms with Crippen LogP contribution in [0.25, 0.3) is 0 Å². The van der Waals surface area contributed by atoms with E-state index in [1.807, 2.05) is 6.92 Å². The summed E-state index contributed by atoms with van der Waals surface area (Å²) in [5.41, 5.74) is 0. The SMILES string of the molecule is CCC1(C)OC[C@@H]([C@H]2OC(=O)C(=O)C2O)O1. The zero-order chi connectivity index (χ0) is 11.9. The lowest BCUT2D eigenvalue weighted by atomic mass is 10.1. The van der Waals surface area contributed by atoms with Crippen LogP contribution < -0.4 is 0 Å². The number of carbonyl (C=O) groups is 2. The van der Waals surface area contributed by atoms with E-state index in [-0.39, 0.29) is 6.61 Å². The molecule has 0 amide bonds. The standard InChI is InChI=1S/C10H14O6/c1-3-10(2)14-4-5(16-10)8-6(11)7(12)9(13)15-8/h5-6,8,11H,3-4H2,1-2H3/t5-,6?,8+,10?/m0/s1. The molecule has 6 nitrogen and oxygen atoms in total. The first-order chi connectivity index (χ1) is 7.47. The Morgan fingerprint density at radius 3 is 2.62 bits per heavy atom. The van der Waals surface area contributed by atoms with Crippen LogP contribution in [0.1, 0.15) is 20.3 Å². The summed E-state index contributed by atoms with van der Waals surface area (Å²) in [6.45, 7) is 3.86. The Hall–Kier alpha value is -0.980. The number of esters is 1. The van der Waals surface area contributed by atoms with Crippen molar-refractivity contribution in [2.45, 2.75) is 44.4 Å². The molecule has 0 spiro atoms. The highest BCUT2D eigenvalue weighted by Gasteiger charge is 2.51. The van der Waals surface area contributed by atoms with Gasteiger partial charge in [0, 0.05) is 0 Å². The molecule has 0 saturated carbocycles. The van der Waals surface area contributed by atoms with Crippen molar-refractivity contribution in [1.29, 1.82) is 0 Å². The van der Waals surface area contributed by atoms with E-state index < -0.39 is 35.9 Å². The van der Waals surface area contributed by atoms with Gasteiger partial charge in [0.05, 0.1) is 6.61 Å². The lowest BCUT2D eigenvalue weighted by molar-refractivity contribution is -0.176. The normalized spacial score (nSPS) is 43.8. The third-order valence-electron chi connectivity index (χ3n) is 2.99. The smallest absolute Gasteiger partial charge is 0.378 e. The van der Waals surface area contributed by atoms with E-state index in [2.05, 4.69) is 0 Å². The maximum atomic E-state index is 11.1. The van der Waals surface area contributed by atoms with Crippen LogP contribution in [-0.4, -0.2) is 47.6 Å². The maximum absolute atomic E-state index is 11.1. The summed E-state index contributed by atoms with van der Waals surface area (Å²) < 4.78 is 15.7. The molecule has 2 aliphatic rings. The topological polar surface area (TPSA) is 82.1 Å². The monoisotopic (exact) mass is 230 g/mol. The largest absolute Gasteiger partial charge is 0.450 e. The van der Waals surface area contributed by atoms with Crippen LogP contribution in [0.2, 0.25) is 0 Å². The van der Waals surface area contributed by atoms with Gasteiger partial charge in [0.25, 0.3) is 5.78 Å². The molecule has 2 aliphatic heterocycles. The van der Waals surface area contributed by atoms with Crippen LogP contribution in [0, 0.1) is 0 Å². The molecule has 16 heavy (non-hydrogen) atoms. The molecule has 90 valence electrons. The van der Waals surface area contributed by atoms with Gasteiger partial charge in [-0.3, -0.25) is 4.79 Å². The van der Waals surface area contributed by atoms with Gasteiger partial charge in [-0.1, -0.05) is 6.92 Å². The highest BCUT2D eigenvalue weighted by atomic mass is 16.8. The number of ether oxygens (including phenoxy) is 3. The highest BCUT2D eigenvalue weighted by molar-refractivity contribution is 6.37. The molecule has 2 saturated heterocycles. The van der Waals surface area contributed by atoms with Crippen molar-refractivity contribution in [2.75, 3.05) is 6.61 Å². The van der Waals surface area contributed by atoms with Crippen molar-refractivity contribution < 1.29 is 28.9 Å². The predicted octanol–water partition coefficient (Wildman–Crippen LogP) is -0.617. The van der Waals surface area contributed by atoms with Crippen molar-refractivity contribution in [3.05, 3.63) is 0 Å². The van der Waals surface area contributed by atoms with Crippen LogP contribution in [0.3, 0.4) is 0 Å². The van der Waals surface area contributed by atoms with Crippen molar-refractivity contribution >= 4 is 11.8 Å². The maximum Gasteiger partial charge on any atom is 0.378 e. The molecule has 0 radical (unpaired) electrons. The number of carbonyl (C=O) groups excluding carboxylic acids is 2. The first kappa shape index (κ1) is 11.5. The number of Topliss-reactive ketones (excluding diaryl/α,β-unsaturated/α-hetero) is 1. The Kier molecular flexibility index (Phi) is 2.73. The minimum atomic E-state index is -1.44. The van der Waals surface area contributed by atoms with Crippen LogP contribution in [0.5, 0.6) is 0 Å². The molecule has 1 N–H and O–H groups in total. The molecule has 0 aromatic carbocycles. The molecular formula is C10H14O6. The molecule has 0 aromatic rings. The second-order valence-electron chi connectivity index (χ2n) is 4.13. The average molecular weight is 230 g/mol. The fraction of sp³-hybridized carbons (Fsp3) is 0.800. The van der Waals surface area contributed by atoms with E-state index in [0.29, 0.717) is 6.42 Å². The number of ketones is 1. The van der Waals surface area contributed by atoms with Crippen LogP contribution in [0.15, 0.2) is 0 Å². The molecule has 6 heteroatoms. The number of hydrogen-bond donors (Lipinski definition) is 1. The van der Waals surface area contributed by atoms with Gasteiger partial charge >= 0.3 is 5.97 Å². The zero-order valence-electron chi connectivity index (χ0n) is 9.13. The van der Waals surface area contributed by atoms with Gasteiger partial charge < -0.3 is 19.3 Å². The molecular weight excluding hydrogens is 216 g/mol. The van der Waals surface area contributed by atoms with Gasteiger partial charge in [-0.05, 0) is 13.3 Å². The van der Waals surface area contributed by atoms with E-state index in [1.54, 1.807) is 6.92 Å². The Labute approximate surface area is 92.5 Å². The summed E-state index contributed by atoms with van der Waals surface area (Å²) in [7, 11) is 0. The van der Waals surface area contributed by atoms with E-state index in [4.69, 9.17) is 14.2 Å². The van der Waals surface area contributed by atoms with Gasteiger partial charge in [0.1, 0.15) is 6.10 Å². The minimum Gasteiger partial charge on any atom is -0.450 e. The highest BCUT2D eigenvalue weighted by Crippen LogP contribution is 2.31. The van der Waals surface area contributed by atoms with E-state index in [9.17, 15) is 14.7 Å². The fourth-order valence-electron chi connectivity index (χ4n) is 1.79. The summed E-state index contributed by atoms with van der Waals surface area (Å²) in [6.07, 6.45) is -2.35. The fourth-order valence-corrected chi connectivity index (χ4v) is 1.79. The molecule has 2 unspecified atom stereocenters. The number of aliphatic hydroxyl groups excluding tert-OH is 1. The Balaban J connectivity index is 2.06. The number of aliphatic hydroxyl groups is 1. The first-order valence-corrected chi connectivity index (χ1v) is 5.21. The second kappa shape index (κ2) is 3.80. The third kappa shape index (κ3) is 1.73.